The smallest absolute Gasteiger partial charge is 0.256 e. The van der Waals surface area contributed by atoms with E-state index >= 15 is 0 Å². The van der Waals surface area contributed by atoms with Crippen molar-refractivity contribution >= 4 is 5.91 Å². The van der Waals surface area contributed by atoms with Crippen LogP contribution in [-0.4, -0.2) is 26.9 Å². The SMILES string of the molecule is Cn1cnc2c(c1=O)CCN(C(=O)C1CC1c1ccccc1)C2. The Morgan fingerprint density at radius 1 is 1.26 bits per heavy atom. The number of fused-ring (bicyclic) bond motifs is 1. The molecule has 0 bridgehead atoms. The van der Waals surface area contributed by atoms with Gasteiger partial charge in [0.2, 0.25) is 5.91 Å². The molecule has 1 aliphatic carbocycles. The van der Waals surface area contributed by atoms with Crippen molar-refractivity contribution in [3.05, 3.63) is 63.8 Å². The minimum absolute atomic E-state index is 0.00989. The van der Waals surface area contributed by atoms with Gasteiger partial charge in [0, 0.05) is 25.1 Å². The standard InChI is InChI=1S/C18H19N3O2/c1-20-11-19-16-10-21(8-7-13(16)17(20)22)18(23)15-9-14(15)12-5-3-2-4-6-12/h2-6,11,14-15H,7-10H2,1H3. The summed E-state index contributed by atoms with van der Waals surface area (Å²) in [4.78, 5) is 31.0. The zero-order chi connectivity index (χ0) is 16.0. The number of amides is 1. The summed E-state index contributed by atoms with van der Waals surface area (Å²) in [6, 6.07) is 10.2. The van der Waals surface area contributed by atoms with Crippen molar-refractivity contribution in [2.75, 3.05) is 6.54 Å². The topological polar surface area (TPSA) is 55.2 Å². The van der Waals surface area contributed by atoms with Crippen molar-refractivity contribution in [2.45, 2.75) is 25.3 Å². The fourth-order valence-corrected chi connectivity index (χ4v) is 3.48. The molecule has 0 spiro atoms. The monoisotopic (exact) mass is 309 g/mol. The fourth-order valence-electron chi connectivity index (χ4n) is 3.48. The molecule has 2 unspecified atom stereocenters. The molecule has 0 radical (unpaired) electrons. The first kappa shape index (κ1) is 14.2. The van der Waals surface area contributed by atoms with Crippen molar-refractivity contribution in [3.8, 4) is 0 Å². The van der Waals surface area contributed by atoms with Gasteiger partial charge in [-0.3, -0.25) is 9.59 Å². The lowest BCUT2D eigenvalue weighted by Crippen LogP contribution is -2.40. The molecule has 0 saturated heterocycles. The molecule has 2 atom stereocenters. The maximum Gasteiger partial charge on any atom is 0.256 e. The van der Waals surface area contributed by atoms with Gasteiger partial charge in [-0.15, -0.1) is 0 Å². The predicted octanol–water partition coefficient (Wildman–Crippen LogP) is 1.47. The third kappa shape index (κ3) is 2.46. The number of nitrogens with zero attached hydrogens (tertiary/aromatic N) is 3. The molecule has 0 N–H and O–H groups in total. The zero-order valence-corrected chi connectivity index (χ0v) is 13.1. The van der Waals surface area contributed by atoms with E-state index in [4.69, 9.17) is 0 Å². The van der Waals surface area contributed by atoms with Crippen LogP contribution < -0.4 is 5.56 Å². The molecule has 1 amide bonds. The van der Waals surface area contributed by atoms with Gasteiger partial charge in [-0.25, -0.2) is 4.98 Å². The second-order valence-corrected chi connectivity index (χ2v) is 6.46. The first-order valence-corrected chi connectivity index (χ1v) is 8.02. The molecule has 23 heavy (non-hydrogen) atoms. The molecule has 4 rings (SSSR count). The highest BCUT2D eigenvalue weighted by atomic mass is 16.2. The average molecular weight is 309 g/mol. The normalized spacial score (nSPS) is 22.6. The molecule has 1 fully saturated rings. The quantitative estimate of drug-likeness (QED) is 0.844. The Morgan fingerprint density at radius 3 is 2.83 bits per heavy atom. The molecule has 5 nitrogen and oxygen atoms in total. The second kappa shape index (κ2) is 5.33. The molecule has 5 heteroatoms. The van der Waals surface area contributed by atoms with E-state index < -0.39 is 0 Å². The first-order valence-electron chi connectivity index (χ1n) is 8.02. The van der Waals surface area contributed by atoms with E-state index in [1.807, 2.05) is 23.1 Å². The molecular weight excluding hydrogens is 290 g/mol. The van der Waals surface area contributed by atoms with Gasteiger partial charge < -0.3 is 9.47 Å². The number of benzene rings is 1. The predicted molar refractivity (Wildman–Crippen MR) is 85.9 cm³/mol. The van der Waals surface area contributed by atoms with Crippen LogP contribution in [0.1, 0.15) is 29.2 Å². The van der Waals surface area contributed by atoms with Crippen LogP contribution in [0, 0.1) is 5.92 Å². The minimum Gasteiger partial charge on any atom is -0.336 e. The van der Waals surface area contributed by atoms with Crippen molar-refractivity contribution in [2.24, 2.45) is 13.0 Å². The summed E-state index contributed by atoms with van der Waals surface area (Å²) in [6.07, 6.45) is 3.07. The number of hydrogen-bond donors (Lipinski definition) is 0. The first-order chi connectivity index (χ1) is 11.1. The number of carbonyl (C=O) groups excluding carboxylic acids is 1. The molecule has 2 heterocycles. The van der Waals surface area contributed by atoms with Gasteiger partial charge >= 0.3 is 0 Å². The van der Waals surface area contributed by atoms with Gasteiger partial charge in [0.05, 0.1) is 18.6 Å². The summed E-state index contributed by atoms with van der Waals surface area (Å²) in [5.74, 6) is 0.638. The van der Waals surface area contributed by atoms with E-state index in [0.29, 0.717) is 25.4 Å². The Labute approximate surface area is 134 Å². The highest BCUT2D eigenvalue weighted by Gasteiger charge is 2.46. The zero-order valence-electron chi connectivity index (χ0n) is 13.1. The van der Waals surface area contributed by atoms with Crippen LogP contribution in [0.15, 0.2) is 41.5 Å². The lowest BCUT2D eigenvalue weighted by molar-refractivity contribution is -0.133. The third-order valence-corrected chi connectivity index (χ3v) is 4.93. The summed E-state index contributed by atoms with van der Waals surface area (Å²) in [7, 11) is 1.71. The maximum atomic E-state index is 12.7. The van der Waals surface area contributed by atoms with Crippen LogP contribution >= 0.6 is 0 Å². The number of hydrogen-bond acceptors (Lipinski definition) is 3. The van der Waals surface area contributed by atoms with Crippen LogP contribution in [0.25, 0.3) is 0 Å². The Kier molecular flexibility index (Phi) is 3.29. The van der Waals surface area contributed by atoms with E-state index in [0.717, 1.165) is 17.7 Å². The molecular formula is C18H19N3O2. The summed E-state index contributed by atoms with van der Waals surface area (Å²) in [5.41, 5.74) is 2.77. The molecule has 1 aromatic carbocycles. The highest BCUT2D eigenvalue weighted by molar-refractivity contribution is 5.83. The van der Waals surface area contributed by atoms with Crippen LogP contribution in [-0.2, 0) is 24.8 Å². The lowest BCUT2D eigenvalue weighted by atomic mass is 10.0. The minimum atomic E-state index is 0.00989. The van der Waals surface area contributed by atoms with Gasteiger partial charge in [-0.2, -0.15) is 0 Å². The summed E-state index contributed by atoms with van der Waals surface area (Å²) < 4.78 is 1.50. The Bertz CT molecular complexity index is 813. The lowest BCUT2D eigenvalue weighted by Gasteiger charge is -2.28. The molecule has 1 aromatic heterocycles. The van der Waals surface area contributed by atoms with Gasteiger partial charge in [0.25, 0.3) is 5.56 Å². The third-order valence-electron chi connectivity index (χ3n) is 4.93. The van der Waals surface area contributed by atoms with Gasteiger partial charge in [0.15, 0.2) is 0 Å². The van der Waals surface area contributed by atoms with E-state index in [9.17, 15) is 9.59 Å². The van der Waals surface area contributed by atoms with Crippen LogP contribution in [0.5, 0.6) is 0 Å². The number of aryl methyl sites for hydroxylation is 1. The van der Waals surface area contributed by atoms with Crippen LogP contribution in [0.3, 0.4) is 0 Å². The summed E-state index contributed by atoms with van der Waals surface area (Å²) in [6.45, 7) is 1.08. The Balaban J connectivity index is 1.49. The maximum absolute atomic E-state index is 12.7. The molecule has 1 aliphatic heterocycles. The summed E-state index contributed by atoms with van der Waals surface area (Å²) >= 11 is 0. The molecule has 118 valence electrons. The summed E-state index contributed by atoms with van der Waals surface area (Å²) in [5, 5.41) is 0. The van der Waals surface area contributed by atoms with Gasteiger partial charge in [-0.1, -0.05) is 30.3 Å². The van der Waals surface area contributed by atoms with Crippen molar-refractivity contribution in [1.82, 2.24) is 14.5 Å². The number of rotatable bonds is 2. The fraction of sp³-hybridized carbons (Fsp3) is 0.389. The van der Waals surface area contributed by atoms with E-state index in [2.05, 4.69) is 17.1 Å². The second-order valence-electron chi connectivity index (χ2n) is 6.46. The van der Waals surface area contributed by atoms with Crippen molar-refractivity contribution in [3.63, 3.8) is 0 Å². The molecule has 2 aliphatic rings. The van der Waals surface area contributed by atoms with Crippen molar-refractivity contribution < 1.29 is 4.79 Å². The average Bonchev–Trinajstić information content (AvgIpc) is 3.39. The molecule has 1 saturated carbocycles. The number of carbonyl (C=O) groups is 1. The van der Waals surface area contributed by atoms with Gasteiger partial charge in [-0.05, 0) is 24.3 Å². The largest absolute Gasteiger partial charge is 0.336 e. The Hall–Kier alpha value is -2.43. The van der Waals surface area contributed by atoms with Crippen LogP contribution in [0.2, 0.25) is 0 Å². The van der Waals surface area contributed by atoms with E-state index in [1.54, 1.807) is 13.4 Å². The van der Waals surface area contributed by atoms with Crippen molar-refractivity contribution in [1.29, 1.82) is 0 Å². The van der Waals surface area contributed by atoms with E-state index in [-0.39, 0.29) is 17.4 Å². The van der Waals surface area contributed by atoms with E-state index in [1.165, 1.54) is 10.1 Å². The van der Waals surface area contributed by atoms with Gasteiger partial charge in [0.1, 0.15) is 0 Å². The molecule has 2 aromatic rings. The highest BCUT2D eigenvalue weighted by Crippen LogP contribution is 2.48. The Morgan fingerprint density at radius 2 is 2.04 bits per heavy atom. The number of aromatic nitrogens is 2. The van der Waals surface area contributed by atoms with Crippen LogP contribution in [0.4, 0.5) is 0 Å².